The third kappa shape index (κ3) is 10.7. The van der Waals surface area contributed by atoms with Gasteiger partial charge in [-0.2, -0.15) is 0 Å². The molecule has 46 heavy (non-hydrogen) atoms. The summed E-state index contributed by atoms with van der Waals surface area (Å²) in [5.74, 6) is -3.15. The minimum absolute atomic E-state index is 0.00834. The summed E-state index contributed by atoms with van der Waals surface area (Å²) in [6, 6.07) is 4.47. The van der Waals surface area contributed by atoms with Crippen molar-refractivity contribution in [2.45, 2.75) is 76.0 Å². The Hall–Kier alpha value is -4.19. The highest BCUT2D eigenvalue weighted by molar-refractivity contribution is 6.12. The van der Waals surface area contributed by atoms with Crippen molar-refractivity contribution in [2.75, 3.05) is 25.0 Å². The summed E-state index contributed by atoms with van der Waals surface area (Å²) < 4.78 is 15.9. The van der Waals surface area contributed by atoms with E-state index in [1.54, 1.807) is 18.2 Å². The van der Waals surface area contributed by atoms with Gasteiger partial charge in [-0.1, -0.05) is 24.6 Å². The van der Waals surface area contributed by atoms with E-state index in [1.165, 1.54) is 31.2 Å². The van der Waals surface area contributed by atoms with Crippen LogP contribution in [0.25, 0.3) is 6.08 Å². The Morgan fingerprint density at radius 1 is 1.00 bits per heavy atom. The number of unbranched alkanes of at least 4 members (excludes halogenated alkanes) is 2. The van der Waals surface area contributed by atoms with Crippen molar-refractivity contribution < 1.29 is 63.7 Å². The molecule has 0 saturated carbocycles. The molecule has 6 atom stereocenters. The maximum Gasteiger partial charge on any atom is 0.335 e. The summed E-state index contributed by atoms with van der Waals surface area (Å²) in [7, 11) is 0. The van der Waals surface area contributed by atoms with Gasteiger partial charge in [-0.15, -0.1) is 0 Å². The van der Waals surface area contributed by atoms with E-state index < -0.39 is 48.9 Å². The zero-order valence-corrected chi connectivity index (χ0v) is 25.1. The highest BCUT2D eigenvalue weighted by Crippen LogP contribution is 2.31. The molecule has 2 aliphatic heterocycles. The molecule has 0 bridgehead atoms. The second kappa shape index (κ2) is 17.5. The number of hydrogen-bond acceptors (Lipinski definition) is 12. The third-order valence-corrected chi connectivity index (χ3v) is 6.94. The lowest BCUT2D eigenvalue weighted by Crippen LogP contribution is -2.61. The number of carbonyl (C=O) groups is 5. The molecule has 0 radical (unpaired) electrons. The largest absolute Gasteiger partial charge is 0.479 e. The van der Waals surface area contributed by atoms with E-state index in [-0.39, 0.29) is 61.7 Å². The van der Waals surface area contributed by atoms with E-state index in [9.17, 15) is 49.5 Å². The van der Waals surface area contributed by atoms with Gasteiger partial charge in [-0.3, -0.25) is 24.1 Å². The molecule has 252 valence electrons. The van der Waals surface area contributed by atoms with E-state index in [1.807, 2.05) is 0 Å². The Balaban J connectivity index is 1.55. The van der Waals surface area contributed by atoms with Crippen molar-refractivity contribution in [1.29, 1.82) is 0 Å². The molecule has 1 aromatic carbocycles. The number of anilines is 1. The van der Waals surface area contributed by atoms with E-state index in [0.717, 1.165) is 4.90 Å². The fraction of sp³-hybridized carbons (Fsp3) is 0.500. The van der Waals surface area contributed by atoms with Crippen molar-refractivity contribution in [3.05, 3.63) is 42.0 Å². The number of nitrogens with zero attached hydrogens (tertiary/aromatic N) is 1. The molecule has 0 spiro atoms. The van der Waals surface area contributed by atoms with Crippen LogP contribution in [0.4, 0.5) is 5.69 Å². The summed E-state index contributed by atoms with van der Waals surface area (Å²) in [6.07, 6.45) is -2.80. The molecule has 1 unspecified atom stereocenters. The lowest BCUT2D eigenvalue weighted by Gasteiger charge is -2.38. The fourth-order valence-electron chi connectivity index (χ4n) is 4.51. The molecule has 2 aliphatic rings. The highest BCUT2D eigenvalue weighted by Gasteiger charge is 2.48. The molecule has 7 N–H and O–H groups in total. The van der Waals surface area contributed by atoms with Crippen LogP contribution in [0.15, 0.2) is 36.4 Å². The number of hydrogen-bond donors (Lipinski definition) is 7. The standard InChI is InChI=1S/C30H39N3O13/c1-17(34)44-15-5-6-18-8-9-20(45-30-27(41)25(39)26(40)28(46-30)29(42)43)19(16-18)32-22(36)12-13-31-21(35)7-3-2-4-14-33-23(37)10-11-24(33)38/h5-6,8-11,16-17,25-28,30,34,39-41H,2-4,7,12-15H2,1H3,(H,31,35)(H,32,36)(H,42,43)/b6-5+/t17?,25-,26-,27+,28-,30+/m0/s1. The van der Waals surface area contributed by atoms with Gasteiger partial charge in [-0.25, -0.2) is 4.79 Å². The number of carboxylic acids is 1. The number of amides is 4. The van der Waals surface area contributed by atoms with Gasteiger partial charge in [0, 0.05) is 38.1 Å². The molecule has 16 heteroatoms. The maximum absolute atomic E-state index is 12.8. The lowest BCUT2D eigenvalue weighted by atomic mass is 9.99. The average molecular weight is 650 g/mol. The normalized spacial score (nSPS) is 23.5. The molecule has 16 nitrogen and oxygen atoms in total. The Labute approximate surface area is 264 Å². The van der Waals surface area contributed by atoms with Gasteiger partial charge in [-0.05, 0) is 37.5 Å². The van der Waals surface area contributed by atoms with Gasteiger partial charge in [0.05, 0.1) is 12.3 Å². The predicted octanol–water partition coefficient (Wildman–Crippen LogP) is -0.744. The van der Waals surface area contributed by atoms with Gasteiger partial charge in [0.2, 0.25) is 18.1 Å². The van der Waals surface area contributed by atoms with Crippen molar-refractivity contribution in [3.8, 4) is 5.75 Å². The molecule has 4 amide bonds. The lowest BCUT2D eigenvalue weighted by molar-refractivity contribution is -0.271. The third-order valence-electron chi connectivity index (χ3n) is 6.94. The fourth-order valence-corrected chi connectivity index (χ4v) is 4.51. The quantitative estimate of drug-likeness (QED) is 0.0625. The van der Waals surface area contributed by atoms with Crippen molar-refractivity contribution in [2.24, 2.45) is 0 Å². The van der Waals surface area contributed by atoms with Crippen LogP contribution in [-0.2, 0) is 33.4 Å². The van der Waals surface area contributed by atoms with Gasteiger partial charge in [0.1, 0.15) is 24.1 Å². The monoisotopic (exact) mass is 649 g/mol. The molecule has 3 rings (SSSR count). The summed E-state index contributed by atoms with van der Waals surface area (Å²) in [5.41, 5.74) is 0.646. The van der Waals surface area contributed by atoms with Gasteiger partial charge in [0.25, 0.3) is 11.8 Å². The van der Waals surface area contributed by atoms with Crippen LogP contribution in [-0.4, -0.2) is 117 Å². The zero-order valence-electron chi connectivity index (χ0n) is 25.1. The van der Waals surface area contributed by atoms with E-state index in [0.29, 0.717) is 24.8 Å². The number of imide groups is 1. The summed E-state index contributed by atoms with van der Waals surface area (Å²) in [6.45, 7) is 1.82. The minimum atomic E-state index is -1.91. The van der Waals surface area contributed by atoms with E-state index >= 15 is 0 Å². The number of aliphatic hydroxyl groups excluding tert-OH is 4. The molecule has 2 heterocycles. The second-order valence-electron chi connectivity index (χ2n) is 10.6. The smallest absolute Gasteiger partial charge is 0.335 e. The molecular formula is C30H39N3O13. The molecule has 0 aliphatic carbocycles. The SMILES string of the molecule is CC(O)OC/C=C/c1ccc(O[C@@H]2O[C@H](C(=O)O)[C@@H](O)[C@H](O)[C@H]2O)c(NC(=O)CCNC(=O)CCCCCN2C(=O)C=CC2=O)c1. The topological polar surface area (TPSA) is 241 Å². The molecule has 1 fully saturated rings. The number of rotatable bonds is 17. The minimum Gasteiger partial charge on any atom is -0.479 e. The number of carboxylic acid groups (broad SMARTS) is 1. The van der Waals surface area contributed by atoms with Gasteiger partial charge < -0.3 is 50.4 Å². The van der Waals surface area contributed by atoms with E-state index in [2.05, 4.69) is 10.6 Å². The maximum atomic E-state index is 12.8. The van der Waals surface area contributed by atoms with Crippen molar-refractivity contribution in [1.82, 2.24) is 10.2 Å². The number of aliphatic hydroxyl groups is 4. The number of benzene rings is 1. The molecular weight excluding hydrogens is 610 g/mol. The van der Waals surface area contributed by atoms with Crippen LogP contribution in [0.5, 0.6) is 5.75 Å². The Morgan fingerprint density at radius 2 is 1.72 bits per heavy atom. The first-order valence-electron chi connectivity index (χ1n) is 14.7. The molecule has 1 saturated heterocycles. The van der Waals surface area contributed by atoms with Gasteiger partial charge in [0.15, 0.2) is 12.4 Å². The summed E-state index contributed by atoms with van der Waals surface area (Å²) in [4.78, 5) is 60.7. The first kappa shape index (κ1) is 36.3. The number of nitrogens with one attached hydrogen (secondary N) is 2. The van der Waals surface area contributed by atoms with E-state index in [4.69, 9.17) is 14.2 Å². The number of ether oxygens (including phenoxy) is 3. The van der Waals surface area contributed by atoms with Crippen LogP contribution < -0.4 is 15.4 Å². The average Bonchev–Trinajstić information content (AvgIpc) is 3.32. The highest BCUT2D eigenvalue weighted by atomic mass is 16.7. The predicted molar refractivity (Wildman–Crippen MR) is 159 cm³/mol. The number of aliphatic carboxylic acids is 1. The molecule has 0 aromatic heterocycles. The van der Waals surface area contributed by atoms with Crippen LogP contribution in [0, 0.1) is 0 Å². The van der Waals surface area contributed by atoms with Gasteiger partial charge >= 0.3 is 5.97 Å². The Morgan fingerprint density at radius 3 is 2.39 bits per heavy atom. The Kier molecular flexibility index (Phi) is 13.8. The van der Waals surface area contributed by atoms with Crippen molar-refractivity contribution >= 4 is 41.4 Å². The molecule has 1 aromatic rings. The zero-order chi connectivity index (χ0) is 33.8. The first-order chi connectivity index (χ1) is 21.9. The summed E-state index contributed by atoms with van der Waals surface area (Å²) in [5, 5.41) is 54.3. The summed E-state index contributed by atoms with van der Waals surface area (Å²) >= 11 is 0. The van der Waals surface area contributed by atoms with Crippen LogP contribution in [0.2, 0.25) is 0 Å². The van der Waals surface area contributed by atoms with Crippen molar-refractivity contribution in [3.63, 3.8) is 0 Å². The van der Waals surface area contributed by atoms with Crippen LogP contribution >= 0.6 is 0 Å². The second-order valence-corrected chi connectivity index (χ2v) is 10.6. The van der Waals surface area contributed by atoms with Crippen LogP contribution in [0.1, 0.15) is 44.6 Å². The Bertz CT molecular complexity index is 1300. The number of carbonyl (C=O) groups excluding carboxylic acids is 4. The first-order valence-corrected chi connectivity index (χ1v) is 14.7. The van der Waals surface area contributed by atoms with Crippen LogP contribution in [0.3, 0.4) is 0 Å².